The molecule has 0 aromatic heterocycles. The van der Waals surface area contributed by atoms with Crippen molar-refractivity contribution in [1.82, 2.24) is 0 Å². The molecule has 0 spiro atoms. The van der Waals surface area contributed by atoms with Crippen LogP contribution in [0.5, 0.6) is 23.0 Å². The van der Waals surface area contributed by atoms with Gasteiger partial charge in [-0.3, -0.25) is 0 Å². The van der Waals surface area contributed by atoms with Crippen molar-refractivity contribution in [3.8, 4) is 23.0 Å². The van der Waals surface area contributed by atoms with E-state index in [-0.39, 0.29) is 11.7 Å². The molecule has 1 aliphatic carbocycles. The van der Waals surface area contributed by atoms with E-state index in [0.717, 1.165) is 52.5 Å². The fourth-order valence-electron chi connectivity index (χ4n) is 5.96. The SMILES string of the molecule is CCOc1c(C2CCc3c(ccc4c3c(OC)cc3cc(OC)ccc34)C2)cc2ccccc2c1O. The number of hydrogen-bond acceptors (Lipinski definition) is 4. The Kier molecular flexibility index (Phi) is 5.60. The first kappa shape index (κ1) is 22.5. The maximum atomic E-state index is 11.1. The van der Waals surface area contributed by atoms with Crippen molar-refractivity contribution in [3.63, 3.8) is 0 Å². The second-order valence-electron chi connectivity index (χ2n) is 9.53. The quantitative estimate of drug-likeness (QED) is 0.265. The van der Waals surface area contributed by atoms with Crippen molar-refractivity contribution >= 4 is 32.3 Å². The highest BCUT2D eigenvalue weighted by Crippen LogP contribution is 2.47. The molecular weight excluding hydrogens is 448 g/mol. The molecule has 4 heteroatoms. The molecule has 5 aromatic rings. The molecule has 4 nitrogen and oxygen atoms in total. The number of rotatable bonds is 5. The summed E-state index contributed by atoms with van der Waals surface area (Å²) < 4.78 is 17.4. The van der Waals surface area contributed by atoms with Gasteiger partial charge in [0.2, 0.25) is 0 Å². The fraction of sp³-hybridized carbons (Fsp3) is 0.250. The van der Waals surface area contributed by atoms with Gasteiger partial charge in [0.05, 0.1) is 20.8 Å². The van der Waals surface area contributed by atoms with Crippen molar-refractivity contribution in [2.45, 2.75) is 32.1 Å². The number of ether oxygens (including phenoxy) is 3. The molecule has 1 aliphatic rings. The zero-order valence-electron chi connectivity index (χ0n) is 20.9. The molecule has 0 fully saturated rings. The van der Waals surface area contributed by atoms with Crippen molar-refractivity contribution in [2.24, 2.45) is 0 Å². The summed E-state index contributed by atoms with van der Waals surface area (Å²) in [5.74, 6) is 2.89. The first-order valence-corrected chi connectivity index (χ1v) is 12.6. The summed E-state index contributed by atoms with van der Waals surface area (Å²) in [5, 5.41) is 17.7. The van der Waals surface area contributed by atoms with Crippen molar-refractivity contribution < 1.29 is 19.3 Å². The third kappa shape index (κ3) is 3.51. The molecule has 0 heterocycles. The molecule has 0 radical (unpaired) electrons. The first-order valence-electron chi connectivity index (χ1n) is 12.6. The number of benzene rings is 5. The molecule has 1 atom stereocenters. The second kappa shape index (κ2) is 8.94. The Morgan fingerprint density at radius 1 is 0.861 bits per heavy atom. The zero-order valence-corrected chi connectivity index (χ0v) is 20.9. The number of aryl methyl sites for hydroxylation is 1. The lowest BCUT2D eigenvalue weighted by Crippen LogP contribution is -2.15. The number of aromatic hydroxyl groups is 1. The van der Waals surface area contributed by atoms with E-state index < -0.39 is 0 Å². The molecule has 0 saturated carbocycles. The summed E-state index contributed by atoms with van der Waals surface area (Å²) in [4.78, 5) is 0. The van der Waals surface area contributed by atoms with E-state index in [1.807, 2.05) is 31.2 Å². The summed E-state index contributed by atoms with van der Waals surface area (Å²) in [6.07, 6.45) is 2.81. The third-order valence-corrected chi connectivity index (χ3v) is 7.65. The normalized spacial score (nSPS) is 15.2. The van der Waals surface area contributed by atoms with Crippen LogP contribution < -0.4 is 14.2 Å². The summed E-state index contributed by atoms with van der Waals surface area (Å²) in [7, 11) is 3.44. The van der Waals surface area contributed by atoms with E-state index in [1.165, 1.54) is 27.3 Å². The van der Waals surface area contributed by atoms with Crippen LogP contribution in [0.3, 0.4) is 0 Å². The number of phenols is 1. The molecule has 0 saturated heterocycles. The number of fused-ring (bicyclic) bond motifs is 6. The maximum absolute atomic E-state index is 11.1. The Morgan fingerprint density at radius 3 is 2.50 bits per heavy atom. The molecule has 182 valence electrons. The van der Waals surface area contributed by atoms with Crippen molar-refractivity contribution in [3.05, 3.63) is 83.4 Å². The number of methoxy groups -OCH3 is 2. The highest BCUT2D eigenvalue weighted by Gasteiger charge is 2.27. The monoisotopic (exact) mass is 478 g/mol. The fourth-order valence-corrected chi connectivity index (χ4v) is 5.96. The largest absolute Gasteiger partial charge is 0.504 e. The third-order valence-electron chi connectivity index (χ3n) is 7.65. The Morgan fingerprint density at radius 2 is 1.69 bits per heavy atom. The van der Waals surface area contributed by atoms with Crippen LogP contribution in [0.2, 0.25) is 0 Å². The van der Waals surface area contributed by atoms with Crippen LogP contribution in [0, 0.1) is 0 Å². The van der Waals surface area contributed by atoms with E-state index in [1.54, 1.807) is 14.2 Å². The Balaban J connectivity index is 1.48. The van der Waals surface area contributed by atoms with Gasteiger partial charge in [-0.15, -0.1) is 0 Å². The van der Waals surface area contributed by atoms with Crippen LogP contribution in [0.1, 0.15) is 36.0 Å². The highest BCUT2D eigenvalue weighted by atomic mass is 16.5. The Labute approximate surface area is 211 Å². The van der Waals surface area contributed by atoms with Gasteiger partial charge in [-0.05, 0) is 89.0 Å². The predicted octanol–water partition coefficient (Wildman–Crippen LogP) is 7.54. The van der Waals surface area contributed by atoms with Crippen molar-refractivity contribution in [2.75, 3.05) is 20.8 Å². The molecule has 0 amide bonds. The number of phenolic OH excluding ortho intramolecular Hbond substituents is 1. The zero-order chi connectivity index (χ0) is 24.8. The molecular formula is C32H30O4. The van der Waals surface area contributed by atoms with E-state index in [2.05, 4.69) is 42.5 Å². The van der Waals surface area contributed by atoms with Gasteiger partial charge in [-0.2, -0.15) is 0 Å². The molecule has 0 bridgehead atoms. The summed E-state index contributed by atoms with van der Waals surface area (Å²) in [6.45, 7) is 2.48. The summed E-state index contributed by atoms with van der Waals surface area (Å²) in [5.41, 5.74) is 3.79. The molecule has 6 rings (SSSR count). The van der Waals surface area contributed by atoms with Gasteiger partial charge in [0, 0.05) is 16.3 Å². The van der Waals surface area contributed by atoms with Gasteiger partial charge < -0.3 is 19.3 Å². The van der Waals surface area contributed by atoms with Gasteiger partial charge in [0.25, 0.3) is 0 Å². The first-order chi connectivity index (χ1) is 17.6. The highest BCUT2D eigenvalue weighted by molar-refractivity contribution is 6.12. The van der Waals surface area contributed by atoms with Crippen molar-refractivity contribution in [1.29, 1.82) is 0 Å². The summed E-state index contributed by atoms with van der Waals surface area (Å²) in [6, 6.07) is 23.0. The second-order valence-corrected chi connectivity index (χ2v) is 9.53. The minimum absolute atomic E-state index is 0.248. The van der Waals surface area contributed by atoms with Gasteiger partial charge in [0.15, 0.2) is 11.5 Å². The van der Waals surface area contributed by atoms with Crippen LogP contribution in [-0.2, 0) is 12.8 Å². The maximum Gasteiger partial charge on any atom is 0.165 e. The van der Waals surface area contributed by atoms with Crippen LogP contribution in [0.4, 0.5) is 0 Å². The minimum atomic E-state index is 0.248. The Hall–Kier alpha value is -3.92. The average Bonchev–Trinajstić information content (AvgIpc) is 2.93. The molecule has 36 heavy (non-hydrogen) atoms. The van der Waals surface area contributed by atoms with Gasteiger partial charge in [-0.1, -0.05) is 42.5 Å². The minimum Gasteiger partial charge on any atom is -0.504 e. The topological polar surface area (TPSA) is 47.9 Å². The molecule has 1 N–H and O–H groups in total. The van der Waals surface area contributed by atoms with E-state index in [0.29, 0.717) is 12.4 Å². The average molecular weight is 479 g/mol. The van der Waals surface area contributed by atoms with Crippen LogP contribution in [0.25, 0.3) is 32.3 Å². The molecule has 0 aliphatic heterocycles. The summed E-state index contributed by atoms with van der Waals surface area (Å²) >= 11 is 0. The van der Waals surface area contributed by atoms with Crippen LogP contribution in [0.15, 0.2) is 66.7 Å². The lowest BCUT2D eigenvalue weighted by atomic mass is 9.77. The van der Waals surface area contributed by atoms with E-state index >= 15 is 0 Å². The van der Waals surface area contributed by atoms with Crippen LogP contribution in [-0.4, -0.2) is 25.9 Å². The smallest absolute Gasteiger partial charge is 0.165 e. The predicted molar refractivity (Wildman–Crippen MR) is 146 cm³/mol. The molecule has 5 aromatic carbocycles. The number of hydrogen-bond donors (Lipinski definition) is 1. The Bertz CT molecular complexity index is 1620. The van der Waals surface area contributed by atoms with Gasteiger partial charge in [0.1, 0.15) is 11.5 Å². The standard InChI is InChI=1S/C32H30O4/c1-4-36-32-28(17-19-7-5-6-8-26(19)31(32)33)21-9-12-25-20(15-21)10-13-27-24-14-11-23(34-2)16-22(24)18-29(35-3)30(25)27/h5-8,10-11,13-14,16-18,21,33H,4,9,12,15H2,1-3H3. The lowest BCUT2D eigenvalue weighted by Gasteiger charge is -2.29. The van der Waals surface area contributed by atoms with Gasteiger partial charge >= 0.3 is 0 Å². The molecule has 1 unspecified atom stereocenters. The lowest BCUT2D eigenvalue weighted by molar-refractivity contribution is 0.312. The van der Waals surface area contributed by atoms with Crippen LogP contribution >= 0.6 is 0 Å². The van der Waals surface area contributed by atoms with E-state index in [4.69, 9.17) is 14.2 Å². The van der Waals surface area contributed by atoms with E-state index in [9.17, 15) is 5.11 Å². The van der Waals surface area contributed by atoms with Gasteiger partial charge in [-0.25, -0.2) is 0 Å².